The third kappa shape index (κ3) is 3.83. The lowest BCUT2D eigenvalue weighted by atomic mass is 9.87. The van der Waals surface area contributed by atoms with E-state index >= 15 is 0 Å². The summed E-state index contributed by atoms with van der Waals surface area (Å²) in [7, 11) is 3.00. The summed E-state index contributed by atoms with van der Waals surface area (Å²) in [5.41, 5.74) is 16.2. The van der Waals surface area contributed by atoms with Crippen molar-refractivity contribution < 1.29 is 19.1 Å². The molecule has 0 unspecified atom stereocenters. The molecule has 0 atom stereocenters. The molecule has 0 saturated heterocycles. The first-order valence-corrected chi connectivity index (χ1v) is 10.8. The van der Waals surface area contributed by atoms with Crippen LogP contribution in [0.1, 0.15) is 43.0 Å². The molecule has 4 N–H and O–H groups in total. The summed E-state index contributed by atoms with van der Waals surface area (Å²) in [6.07, 6.45) is 0. The van der Waals surface area contributed by atoms with Gasteiger partial charge in [0.25, 0.3) is 0 Å². The normalized spacial score (nSPS) is 10.8. The van der Waals surface area contributed by atoms with Gasteiger partial charge in [0.2, 0.25) is 0 Å². The number of benzene rings is 4. The van der Waals surface area contributed by atoms with E-state index in [1.165, 1.54) is 14.2 Å². The molecule has 0 aliphatic rings. The summed E-state index contributed by atoms with van der Waals surface area (Å²) >= 11 is 0. The van der Waals surface area contributed by atoms with Crippen LogP contribution in [0.2, 0.25) is 0 Å². The molecule has 0 saturated carbocycles. The third-order valence-corrected chi connectivity index (χ3v) is 6.01. The number of carbonyl (C=O) groups is 2. The van der Waals surface area contributed by atoms with Crippen molar-refractivity contribution in [3.05, 3.63) is 94.0 Å². The number of aryl methyl sites for hydroxylation is 2. The number of rotatable bonds is 6. The van der Waals surface area contributed by atoms with Crippen LogP contribution in [0.25, 0.3) is 10.8 Å². The number of methoxy groups -OCH3 is 2. The lowest BCUT2D eigenvalue weighted by Gasteiger charge is -2.16. The van der Waals surface area contributed by atoms with Crippen molar-refractivity contribution in [2.75, 3.05) is 25.7 Å². The van der Waals surface area contributed by atoms with Gasteiger partial charge in [-0.15, -0.1) is 0 Å². The van der Waals surface area contributed by atoms with Crippen LogP contribution in [0, 0.1) is 13.8 Å². The first-order chi connectivity index (χ1) is 16.3. The Hall–Kier alpha value is -4.32. The van der Waals surface area contributed by atoms with Crippen molar-refractivity contribution in [2.24, 2.45) is 0 Å². The Balaban J connectivity index is 1.95. The largest absolute Gasteiger partial charge is 0.496 e. The van der Waals surface area contributed by atoms with Crippen LogP contribution in [-0.2, 0) is 0 Å². The van der Waals surface area contributed by atoms with Gasteiger partial charge in [-0.2, -0.15) is 0 Å². The Morgan fingerprint density at radius 2 is 1.00 bits per heavy atom. The molecule has 0 radical (unpaired) electrons. The van der Waals surface area contributed by atoms with Crippen LogP contribution in [-0.4, -0.2) is 25.8 Å². The van der Waals surface area contributed by atoms with Crippen molar-refractivity contribution in [2.45, 2.75) is 13.8 Å². The van der Waals surface area contributed by atoms with E-state index in [1.54, 1.807) is 36.4 Å². The molecular weight excluding hydrogens is 428 g/mol. The number of ether oxygens (including phenoxy) is 2. The van der Waals surface area contributed by atoms with Crippen molar-refractivity contribution in [1.29, 1.82) is 0 Å². The molecule has 0 heterocycles. The average molecular weight is 455 g/mol. The molecule has 6 nitrogen and oxygen atoms in total. The quantitative estimate of drug-likeness (QED) is 0.310. The number of nitrogens with two attached hydrogens (primary N) is 2. The first-order valence-electron chi connectivity index (χ1n) is 10.8. The van der Waals surface area contributed by atoms with E-state index in [9.17, 15) is 9.59 Å². The fraction of sp³-hybridized carbons (Fsp3) is 0.143. The monoisotopic (exact) mass is 454 g/mol. The van der Waals surface area contributed by atoms with E-state index in [1.807, 2.05) is 38.1 Å². The second kappa shape index (κ2) is 8.90. The molecule has 6 heteroatoms. The molecule has 0 aliphatic heterocycles. The Kier molecular flexibility index (Phi) is 5.99. The highest BCUT2D eigenvalue weighted by atomic mass is 16.5. The molecule has 172 valence electrons. The van der Waals surface area contributed by atoms with Crippen molar-refractivity contribution in [3.63, 3.8) is 0 Å². The van der Waals surface area contributed by atoms with Crippen molar-refractivity contribution >= 4 is 33.7 Å². The fourth-order valence-electron chi connectivity index (χ4n) is 4.29. The zero-order chi connectivity index (χ0) is 24.6. The lowest BCUT2D eigenvalue weighted by molar-refractivity contribution is 0.102. The van der Waals surface area contributed by atoms with Gasteiger partial charge in [-0.05, 0) is 60.0 Å². The van der Waals surface area contributed by atoms with E-state index in [2.05, 4.69) is 0 Å². The summed E-state index contributed by atoms with van der Waals surface area (Å²) in [5.74, 6) is 0.396. The minimum absolute atomic E-state index is 0.202. The maximum Gasteiger partial charge on any atom is 0.197 e. The van der Waals surface area contributed by atoms with E-state index < -0.39 is 0 Å². The number of hydrogen-bond donors (Lipinski definition) is 2. The molecule has 4 aromatic rings. The Bertz CT molecular complexity index is 1350. The summed E-state index contributed by atoms with van der Waals surface area (Å²) < 4.78 is 10.8. The Morgan fingerprint density at radius 3 is 1.35 bits per heavy atom. The summed E-state index contributed by atoms with van der Waals surface area (Å²) in [6.45, 7) is 3.75. The molecule has 34 heavy (non-hydrogen) atoms. The highest BCUT2D eigenvalue weighted by Crippen LogP contribution is 2.34. The van der Waals surface area contributed by atoms with Gasteiger partial charge in [0.05, 0.1) is 25.3 Å². The van der Waals surface area contributed by atoms with Crippen LogP contribution in [0.5, 0.6) is 11.5 Å². The van der Waals surface area contributed by atoms with Gasteiger partial charge in [0.1, 0.15) is 11.5 Å². The van der Waals surface area contributed by atoms with Gasteiger partial charge in [0, 0.05) is 34.6 Å². The second-order valence-corrected chi connectivity index (χ2v) is 8.19. The van der Waals surface area contributed by atoms with Crippen LogP contribution in [0.4, 0.5) is 11.4 Å². The first kappa shape index (κ1) is 22.9. The molecule has 4 rings (SSSR count). The topological polar surface area (TPSA) is 105 Å². The molecule has 0 aromatic heterocycles. The number of anilines is 2. The molecule has 0 aliphatic carbocycles. The van der Waals surface area contributed by atoms with Crippen LogP contribution in [0.3, 0.4) is 0 Å². The Morgan fingerprint density at radius 1 is 0.618 bits per heavy atom. The lowest BCUT2D eigenvalue weighted by Crippen LogP contribution is -2.10. The number of ketones is 2. The van der Waals surface area contributed by atoms with E-state index in [0.717, 1.165) is 11.1 Å². The third-order valence-electron chi connectivity index (χ3n) is 6.01. The van der Waals surface area contributed by atoms with E-state index in [0.29, 0.717) is 55.9 Å². The number of fused-ring (bicyclic) bond motifs is 1. The van der Waals surface area contributed by atoms with Gasteiger partial charge >= 0.3 is 0 Å². The smallest absolute Gasteiger partial charge is 0.197 e. The van der Waals surface area contributed by atoms with E-state index in [-0.39, 0.29) is 11.6 Å². The van der Waals surface area contributed by atoms with Crippen LogP contribution in [0.15, 0.2) is 60.7 Å². The summed E-state index contributed by atoms with van der Waals surface area (Å²) in [6, 6.07) is 17.4. The van der Waals surface area contributed by atoms with E-state index in [4.69, 9.17) is 20.9 Å². The molecule has 0 spiro atoms. The SMILES string of the molecule is COc1cc(N)ccc1C(=O)c1c(C)ccc2c(C(=O)c3ccc(N)cc3OC)c(C)ccc12. The zero-order valence-electron chi connectivity index (χ0n) is 19.6. The number of nitrogen functional groups attached to an aromatic ring is 2. The zero-order valence-corrected chi connectivity index (χ0v) is 19.6. The standard InChI is InChI=1S/C28H26N2O4/c1-15-5-9-20-19(25(15)27(31)21-11-7-17(29)13-23(21)33-3)10-6-16(2)26(20)28(32)22-12-8-18(30)14-24(22)34-4/h5-14H,29-30H2,1-4H3. The number of hydrogen-bond acceptors (Lipinski definition) is 6. The molecule has 0 bridgehead atoms. The highest BCUT2D eigenvalue weighted by Gasteiger charge is 2.24. The number of carbonyl (C=O) groups excluding carboxylic acids is 2. The van der Waals surface area contributed by atoms with Gasteiger partial charge in [-0.25, -0.2) is 0 Å². The fourth-order valence-corrected chi connectivity index (χ4v) is 4.29. The summed E-state index contributed by atoms with van der Waals surface area (Å²) in [4.78, 5) is 27.4. The van der Waals surface area contributed by atoms with Crippen molar-refractivity contribution in [3.8, 4) is 11.5 Å². The minimum Gasteiger partial charge on any atom is -0.496 e. The van der Waals surface area contributed by atoms with Gasteiger partial charge in [-0.1, -0.05) is 24.3 Å². The van der Waals surface area contributed by atoms with Gasteiger partial charge in [-0.3, -0.25) is 9.59 Å². The van der Waals surface area contributed by atoms with Crippen molar-refractivity contribution in [1.82, 2.24) is 0 Å². The Labute approximate surface area is 198 Å². The van der Waals surface area contributed by atoms with Gasteiger partial charge in [0.15, 0.2) is 11.6 Å². The average Bonchev–Trinajstić information content (AvgIpc) is 2.83. The molecule has 0 fully saturated rings. The predicted molar refractivity (Wildman–Crippen MR) is 135 cm³/mol. The maximum atomic E-state index is 13.7. The molecule has 0 amide bonds. The maximum absolute atomic E-state index is 13.7. The minimum atomic E-state index is -0.202. The molecule has 4 aromatic carbocycles. The molecular formula is C28H26N2O4. The highest BCUT2D eigenvalue weighted by molar-refractivity contribution is 6.24. The summed E-state index contributed by atoms with van der Waals surface area (Å²) in [5, 5.41) is 1.37. The predicted octanol–water partition coefficient (Wildman–Crippen LogP) is 5.10. The van der Waals surface area contributed by atoms with Gasteiger partial charge < -0.3 is 20.9 Å². The second-order valence-electron chi connectivity index (χ2n) is 8.19. The van der Waals surface area contributed by atoms with Crippen LogP contribution >= 0.6 is 0 Å². The van der Waals surface area contributed by atoms with Crippen LogP contribution < -0.4 is 20.9 Å².